The summed E-state index contributed by atoms with van der Waals surface area (Å²) >= 11 is 5.40. The first kappa shape index (κ1) is 11.4. The van der Waals surface area contributed by atoms with Crippen molar-refractivity contribution in [2.45, 2.75) is 6.43 Å². The summed E-state index contributed by atoms with van der Waals surface area (Å²) in [6.07, 6.45) is -2.92. The second-order valence-electron chi connectivity index (χ2n) is 2.44. The fraction of sp³-hybridized carbons (Fsp3) is 0.143. The van der Waals surface area contributed by atoms with Crippen molar-refractivity contribution in [1.29, 1.82) is 0 Å². The van der Waals surface area contributed by atoms with Gasteiger partial charge in [-0.05, 0) is 0 Å². The van der Waals surface area contributed by atoms with Gasteiger partial charge in [-0.15, -0.1) is 0 Å². The number of alkyl halides is 2. The Kier molecular flexibility index (Phi) is 3.25. The van der Waals surface area contributed by atoms with Gasteiger partial charge in [0.25, 0.3) is 12.1 Å². The van der Waals surface area contributed by atoms with E-state index in [-0.39, 0.29) is 6.29 Å². The van der Waals surface area contributed by atoms with Crippen molar-refractivity contribution < 1.29 is 18.5 Å². The van der Waals surface area contributed by atoms with E-state index >= 15 is 0 Å². The SMILES string of the molecule is O=Cc1nc(C(F)F)cc([N+](=O)[O-])c1Cl. The molecule has 1 aromatic heterocycles. The van der Waals surface area contributed by atoms with Crippen molar-refractivity contribution in [3.8, 4) is 0 Å². The monoisotopic (exact) mass is 236 g/mol. The summed E-state index contributed by atoms with van der Waals surface area (Å²) in [6, 6.07) is 0.542. The van der Waals surface area contributed by atoms with Gasteiger partial charge in [-0.1, -0.05) is 11.6 Å². The van der Waals surface area contributed by atoms with E-state index in [0.29, 0.717) is 6.07 Å². The lowest BCUT2D eigenvalue weighted by atomic mass is 10.2. The van der Waals surface area contributed by atoms with E-state index in [4.69, 9.17) is 11.6 Å². The van der Waals surface area contributed by atoms with E-state index in [1.54, 1.807) is 0 Å². The number of halogens is 3. The highest BCUT2D eigenvalue weighted by Gasteiger charge is 2.22. The zero-order valence-electron chi connectivity index (χ0n) is 6.99. The molecule has 0 unspecified atom stereocenters. The Hall–Kier alpha value is -1.63. The maximum atomic E-state index is 12.2. The molecule has 0 aliphatic carbocycles. The third kappa shape index (κ3) is 2.24. The molecule has 0 amide bonds. The Morgan fingerprint density at radius 1 is 1.60 bits per heavy atom. The zero-order valence-corrected chi connectivity index (χ0v) is 7.74. The number of nitrogens with zero attached hydrogens (tertiary/aromatic N) is 2. The van der Waals surface area contributed by atoms with Crippen molar-refractivity contribution in [3.63, 3.8) is 0 Å². The fourth-order valence-electron chi connectivity index (χ4n) is 0.878. The maximum Gasteiger partial charge on any atom is 0.292 e. The third-order valence-electron chi connectivity index (χ3n) is 1.52. The lowest BCUT2D eigenvalue weighted by Gasteiger charge is -2.02. The van der Waals surface area contributed by atoms with Gasteiger partial charge in [0.15, 0.2) is 6.29 Å². The first-order valence-electron chi connectivity index (χ1n) is 3.55. The predicted molar refractivity (Wildman–Crippen MR) is 46.2 cm³/mol. The molecular weight excluding hydrogens is 234 g/mol. The Bertz CT molecular complexity index is 425. The highest BCUT2D eigenvalue weighted by Crippen LogP contribution is 2.30. The largest absolute Gasteiger partial charge is 0.296 e. The summed E-state index contributed by atoms with van der Waals surface area (Å²) in [6.45, 7) is 0. The smallest absolute Gasteiger partial charge is 0.292 e. The average molecular weight is 237 g/mol. The molecule has 80 valence electrons. The summed E-state index contributed by atoms with van der Waals surface area (Å²) in [5, 5.41) is 9.86. The Morgan fingerprint density at radius 2 is 2.20 bits per heavy atom. The van der Waals surface area contributed by atoms with E-state index in [9.17, 15) is 23.7 Å². The minimum absolute atomic E-state index is 0.0845. The Balaban J connectivity index is 3.45. The van der Waals surface area contributed by atoms with Crippen LogP contribution in [-0.4, -0.2) is 16.2 Å². The molecule has 1 rings (SSSR count). The zero-order chi connectivity index (χ0) is 11.6. The number of pyridine rings is 1. The van der Waals surface area contributed by atoms with Gasteiger partial charge in [0, 0.05) is 6.07 Å². The molecule has 0 aliphatic heterocycles. The second kappa shape index (κ2) is 4.26. The molecule has 8 heteroatoms. The van der Waals surface area contributed by atoms with Crippen LogP contribution in [0.1, 0.15) is 22.6 Å². The topological polar surface area (TPSA) is 73.1 Å². The number of aldehydes is 1. The van der Waals surface area contributed by atoms with Gasteiger partial charge >= 0.3 is 0 Å². The number of nitro groups is 1. The van der Waals surface area contributed by atoms with Gasteiger partial charge in [-0.2, -0.15) is 0 Å². The number of hydrogen-bond donors (Lipinski definition) is 0. The van der Waals surface area contributed by atoms with Crippen LogP contribution in [-0.2, 0) is 0 Å². The van der Waals surface area contributed by atoms with Crippen LogP contribution in [0.2, 0.25) is 5.02 Å². The minimum atomic E-state index is -3.00. The molecule has 15 heavy (non-hydrogen) atoms. The molecule has 0 radical (unpaired) electrons. The summed E-state index contributed by atoms with van der Waals surface area (Å²) in [5.74, 6) is 0. The van der Waals surface area contributed by atoms with Crippen LogP contribution in [0.15, 0.2) is 6.07 Å². The number of rotatable bonds is 3. The molecule has 0 fully saturated rings. The number of aromatic nitrogens is 1. The van der Waals surface area contributed by atoms with Crippen LogP contribution >= 0.6 is 11.6 Å². The van der Waals surface area contributed by atoms with Crippen molar-refractivity contribution >= 4 is 23.6 Å². The molecule has 1 aromatic rings. The summed E-state index contributed by atoms with van der Waals surface area (Å²) < 4.78 is 24.4. The van der Waals surface area contributed by atoms with Crippen LogP contribution in [0.5, 0.6) is 0 Å². The van der Waals surface area contributed by atoms with Crippen molar-refractivity contribution in [1.82, 2.24) is 4.98 Å². The lowest BCUT2D eigenvalue weighted by molar-refractivity contribution is -0.384. The Morgan fingerprint density at radius 3 is 2.60 bits per heavy atom. The summed E-state index contributed by atoms with van der Waals surface area (Å²) in [4.78, 5) is 23.0. The van der Waals surface area contributed by atoms with Gasteiger partial charge in [0.1, 0.15) is 16.4 Å². The van der Waals surface area contributed by atoms with Crippen LogP contribution in [0, 0.1) is 10.1 Å². The second-order valence-corrected chi connectivity index (χ2v) is 2.82. The van der Waals surface area contributed by atoms with Gasteiger partial charge in [-0.25, -0.2) is 13.8 Å². The van der Waals surface area contributed by atoms with Crippen LogP contribution in [0.3, 0.4) is 0 Å². The molecule has 1 heterocycles. The molecule has 0 aromatic carbocycles. The molecule has 0 spiro atoms. The molecule has 0 atom stereocenters. The predicted octanol–water partition coefficient (Wildman–Crippen LogP) is 2.39. The van der Waals surface area contributed by atoms with Crippen LogP contribution in [0.25, 0.3) is 0 Å². The fourth-order valence-corrected chi connectivity index (χ4v) is 1.09. The van der Waals surface area contributed by atoms with Gasteiger partial charge in [0.05, 0.1) is 4.92 Å². The van der Waals surface area contributed by atoms with E-state index in [2.05, 4.69) is 4.98 Å². The van der Waals surface area contributed by atoms with E-state index in [0.717, 1.165) is 0 Å². The van der Waals surface area contributed by atoms with Crippen LogP contribution < -0.4 is 0 Å². The first-order chi connectivity index (χ1) is 6.97. The molecule has 0 aliphatic rings. The average Bonchev–Trinajstić information content (AvgIpc) is 2.17. The summed E-state index contributed by atoms with van der Waals surface area (Å²) in [7, 11) is 0. The standard InChI is InChI=1S/C7H3ClF2N2O3/c8-6-4(2-13)11-3(7(9)10)1-5(6)12(14)15/h1-2,7H. The van der Waals surface area contributed by atoms with Gasteiger partial charge < -0.3 is 0 Å². The van der Waals surface area contributed by atoms with Gasteiger partial charge in [0.2, 0.25) is 0 Å². The molecule has 0 bridgehead atoms. The first-order valence-corrected chi connectivity index (χ1v) is 3.93. The van der Waals surface area contributed by atoms with Crippen LogP contribution in [0.4, 0.5) is 14.5 Å². The van der Waals surface area contributed by atoms with Crippen molar-refractivity contribution in [2.24, 2.45) is 0 Å². The maximum absolute atomic E-state index is 12.2. The highest BCUT2D eigenvalue weighted by atomic mass is 35.5. The van der Waals surface area contributed by atoms with E-state index < -0.39 is 33.4 Å². The van der Waals surface area contributed by atoms with Gasteiger partial charge in [-0.3, -0.25) is 14.9 Å². The molecule has 0 N–H and O–H groups in total. The van der Waals surface area contributed by atoms with E-state index in [1.807, 2.05) is 0 Å². The molecular formula is C7H3ClF2N2O3. The molecule has 0 saturated carbocycles. The third-order valence-corrected chi connectivity index (χ3v) is 1.90. The number of hydrogen-bond acceptors (Lipinski definition) is 4. The van der Waals surface area contributed by atoms with E-state index in [1.165, 1.54) is 0 Å². The molecule has 0 saturated heterocycles. The molecule has 5 nitrogen and oxygen atoms in total. The van der Waals surface area contributed by atoms with Crippen molar-refractivity contribution in [2.75, 3.05) is 0 Å². The minimum Gasteiger partial charge on any atom is -0.296 e. The number of carbonyl (C=O) groups is 1. The lowest BCUT2D eigenvalue weighted by Crippen LogP contribution is -2.01. The number of carbonyl (C=O) groups excluding carboxylic acids is 1. The quantitative estimate of drug-likeness (QED) is 0.459. The highest BCUT2D eigenvalue weighted by molar-refractivity contribution is 6.34. The van der Waals surface area contributed by atoms with Crippen molar-refractivity contribution in [3.05, 3.63) is 32.6 Å². The Labute approximate surface area is 86.8 Å². The summed E-state index contributed by atoms with van der Waals surface area (Å²) in [5.41, 5.74) is -2.18. The normalized spacial score (nSPS) is 10.4.